The normalized spacial score (nSPS) is 16.8. The van der Waals surface area contributed by atoms with Crippen LogP contribution in [0.5, 0.6) is 0 Å². The zero-order valence-electron chi connectivity index (χ0n) is 15.5. The van der Waals surface area contributed by atoms with E-state index in [0.29, 0.717) is 24.2 Å². The average Bonchev–Trinajstić information content (AvgIpc) is 3.15. The van der Waals surface area contributed by atoms with Gasteiger partial charge < -0.3 is 9.72 Å². The van der Waals surface area contributed by atoms with E-state index in [9.17, 15) is 13.6 Å². The van der Waals surface area contributed by atoms with Crippen molar-refractivity contribution in [3.05, 3.63) is 59.9 Å². The summed E-state index contributed by atoms with van der Waals surface area (Å²) in [6.07, 6.45) is 5.70. The van der Waals surface area contributed by atoms with Crippen LogP contribution in [0.2, 0.25) is 0 Å². The molecule has 28 heavy (non-hydrogen) atoms. The molecule has 0 amide bonds. The predicted octanol–water partition coefficient (Wildman–Crippen LogP) is 5.25. The van der Waals surface area contributed by atoms with Crippen molar-refractivity contribution < 1.29 is 18.3 Å². The first-order chi connectivity index (χ1) is 13.6. The van der Waals surface area contributed by atoms with Crippen molar-refractivity contribution in [3.8, 4) is 11.1 Å². The minimum absolute atomic E-state index is 0.108. The molecule has 0 radical (unpaired) electrons. The molecule has 2 aromatic heterocycles. The summed E-state index contributed by atoms with van der Waals surface area (Å²) >= 11 is 0. The molecule has 0 saturated carbocycles. The summed E-state index contributed by atoms with van der Waals surface area (Å²) in [5, 5.41) is 0.732. The second-order valence-corrected chi connectivity index (χ2v) is 6.86. The molecule has 0 fully saturated rings. The van der Waals surface area contributed by atoms with Gasteiger partial charge in [-0.3, -0.25) is 4.79 Å². The van der Waals surface area contributed by atoms with E-state index in [0.717, 1.165) is 35.6 Å². The summed E-state index contributed by atoms with van der Waals surface area (Å²) in [7, 11) is 0. The van der Waals surface area contributed by atoms with Gasteiger partial charge in [-0.2, -0.15) is 0 Å². The molecule has 0 aliphatic heterocycles. The van der Waals surface area contributed by atoms with Crippen LogP contribution in [0.25, 0.3) is 27.7 Å². The maximum atomic E-state index is 14.3. The summed E-state index contributed by atoms with van der Waals surface area (Å²) in [6, 6.07) is 7.76. The van der Waals surface area contributed by atoms with Gasteiger partial charge in [-0.15, -0.1) is 0 Å². The molecule has 0 saturated heterocycles. The fraction of sp³-hybridized carbons (Fsp3) is 0.273. The Morgan fingerprint density at radius 1 is 1.29 bits per heavy atom. The Hall–Kier alpha value is -3.02. The van der Waals surface area contributed by atoms with Gasteiger partial charge in [-0.05, 0) is 55.5 Å². The molecule has 1 aliphatic rings. The lowest BCUT2D eigenvalue weighted by Crippen LogP contribution is -2.19. The van der Waals surface area contributed by atoms with Crippen LogP contribution >= 0.6 is 0 Å². The SMILES string of the molecule is CCOC(=O)C1CC=C(c2cc3c(-c4cccc(F)c4F)ccnc3[nH]2)CC1. The summed E-state index contributed by atoms with van der Waals surface area (Å²) in [4.78, 5) is 19.5. The van der Waals surface area contributed by atoms with E-state index in [1.165, 1.54) is 6.07 Å². The number of aromatic amines is 1. The van der Waals surface area contributed by atoms with Crippen molar-refractivity contribution in [1.29, 1.82) is 0 Å². The number of hydrogen-bond donors (Lipinski definition) is 1. The van der Waals surface area contributed by atoms with E-state index in [1.54, 1.807) is 25.3 Å². The Bertz CT molecular complexity index is 1070. The van der Waals surface area contributed by atoms with Crippen molar-refractivity contribution >= 4 is 22.6 Å². The third kappa shape index (κ3) is 3.30. The van der Waals surface area contributed by atoms with Gasteiger partial charge in [0.25, 0.3) is 0 Å². The van der Waals surface area contributed by atoms with Crippen LogP contribution in [0.4, 0.5) is 8.78 Å². The first kappa shape index (κ1) is 18.3. The van der Waals surface area contributed by atoms with Crippen LogP contribution in [0, 0.1) is 17.6 Å². The Morgan fingerprint density at radius 2 is 2.14 bits per heavy atom. The van der Waals surface area contributed by atoms with E-state index in [2.05, 4.69) is 9.97 Å². The van der Waals surface area contributed by atoms with E-state index in [-0.39, 0.29) is 17.5 Å². The minimum atomic E-state index is -0.877. The van der Waals surface area contributed by atoms with Gasteiger partial charge in [-0.25, -0.2) is 13.8 Å². The van der Waals surface area contributed by atoms with Gasteiger partial charge in [0.15, 0.2) is 11.6 Å². The number of ether oxygens (including phenoxy) is 1. The fourth-order valence-electron chi connectivity index (χ4n) is 3.70. The highest BCUT2D eigenvalue weighted by atomic mass is 19.2. The molecule has 1 aromatic carbocycles. The molecule has 0 bridgehead atoms. The van der Waals surface area contributed by atoms with Crippen molar-refractivity contribution in [2.75, 3.05) is 6.61 Å². The van der Waals surface area contributed by atoms with Gasteiger partial charge >= 0.3 is 5.97 Å². The fourth-order valence-corrected chi connectivity index (χ4v) is 3.70. The number of fused-ring (bicyclic) bond motifs is 1. The van der Waals surface area contributed by atoms with Gasteiger partial charge in [0.05, 0.1) is 12.5 Å². The highest BCUT2D eigenvalue weighted by molar-refractivity contribution is 5.95. The second-order valence-electron chi connectivity index (χ2n) is 6.86. The number of nitrogens with zero attached hydrogens (tertiary/aromatic N) is 1. The highest BCUT2D eigenvalue weighted by Gasteiger charge is 2.24. The topological polar surface area (TPSA) is 55.0 Å². The van der Waals surface area contributed by atoms with E-state index in [1.807, 2.05) is 12.1 Å². The van der Waals surface area contributed by atoms with Crippen LogP contribution in [-0.4, -0.2) is 22.5 Å². The van der Waals surface area contributed by atoms with E-state index >= 15 is 0 Å². The maximum Gasteiger partial charge on any atom is 0.309 e. The molecule has 2 heterocycles. The number of carbonyl (C=O) groups is 1. The van der Waals surface area contributed by atoms with Crippen LogP contribution in [0.3, 0.4) is 0 Å². The molecule has 1 N–H and O–H groups in total. The van der Waals surface area contributed by atoms with E-state index in [4.69, 9.17) is 4.74 Å². The number of allylic oxidation sites excluding steroid dienone is 2. The van der Waals surface area contributed by atoms with Gasteiger partial charge in [-0.1, -0.05) is 18.2 Å². The van der Waals surface area contributed by atoms with E-state index < -0.39 is 11.6 Å². The van der Waals surface area contributed by atoms with Crippen LogP contribution in [0.15, 0.2) is 42.6 Å². The number of carbonyl (C=O) groups excluding carboxylic acids is 1. The molecular weight excluding hydrogens is 362 g/mol. The number of halogens is 2. The number of H-pyrrole nitrogens is 1. The zero-order chi connectivity index (χ0) is 19.7. The molecule has 144 valence electrons. The molecule has 1 atom stereocenters. The minimum Gasteiger partial charge on any atom is -0.466 e. The Morgan fingerprint density at radius 3 is 2.89 bits per heavy atom. The number of aromatic nitrogens is 2. The maximum absolute atomic E-state index is 14.3. The Balaban J connectivity index is 1.68. The number of hydrogen-bond acceptors (Lipinski definition) is 3. The molecular formula is C22H20F2N2O2. The van der Waals surface area contributed by atoms with Crippen molar-refractivity contribution in [2.45, 2.75) is 26.2 Å². The lowest BCUT2D eigenvalue weighted by atomic mass is 9.88. The number of nitrogens with one attached hydrogen (secondary N) is 1. The third-order valence-electron chi connectivity index (χ3n) is 5.15. The smallest absolute Gasteiger partial charge is 0.309 e. The summed E-state index contributed by atoms with van der Waals surface area (Å²) in [5.74, 6) is -2.01. The first-order valence-electron chi connectivity index (χ1n) is 9.36. The lowest BCUT2D eigenvalue weighted by molar-refractivity contribution is -0.148. The number of rotatable bonds is 4. The lowest BCUT2D eigenvalue weighted by Gasteiger charge is -2.19. The zero-order valence-corrected chi connectivity index (χ0v) is 15.5. The average molecular weight is 382 g/mol. The van der Waals surface area contributed by atoms with Crippen molar-refractivity contribution in [2.24, 2.45) is 5.92 Å². The van der Waals surface area contributed by atoms with Crippen LogP contribution in [-0.2, 0) is 9.53 Å². The largest absolute Gasteiger partial charge is 0.466 e. The predicted molar refractivity (Wildman–Crippen MR) is 103 cm³/mol. The molecule has 4 nitrogen and oxygen atoms in total. The monoisotopic (exact) mass is 382 g/mol. The standard InChI is InChI=1S/C22H20F2N2O2/c1-2-28-22(27)14-8-6-13(7-9-14)19-12-17-15(10-11-25-21(17)26-19)16-4-3-5-18(23)20(16)24/h3-6,10-12,14H,2,7-9H2,1H3,(H,25,26). The molecule has 3 aromatic rings. The Labute approximate surface area is 161 Å². The quantitative estimate of drug-likeness (QED) is 0.627. The summed E-state index contributed by atoms with van der Waals surface area (Å²) < 4.78 is 33.1. The molecule has 1 aliphatic carbocycles. The van der Waals surface area contributed by atoms with Crippen molar-refractivity contribution in [3.63, 3.8) is 0 Å². The van der Waals surface area contributed by atoms with Gasteiger partial charge in [0, 0.05) is 22.8 Å². The third-order valence-corrected chi connectivity index (χ3v) is 5.15. The van der Waals surface area contributed by atoms with Crippen LogP contribution in [0.1, 0.15) is 31.9 Å². The summed E-state index contributed by atoms with van der Waals surface area (Å²) in [6.45, 7) is 2.19. The molecule has 0 spiro atoms. The summed E-state index contributed by atoms with van der Waals surface area (Å²) in [5.41, 5.74) is 3.38. The van der Waals surface area contributed by atoms with Crippen molar-refractivity contribution in [1.82, 2.24) is 9.97 Å². The number of benzene rings is 1. The molecule has 6 heteroatoms. The second kappa shape index (κ2) is 7.54. The molecule has 1 unspecified atom stereocenters. The first-order valence-corrected chi connectivity index (χ1v) is 9.36. The molecule has 4 rings (SSSR count). The van der Waals surface area contributed by atoms with Gasteiger partial charge in [0.1, 0.15) is 5.65 Å². The van der Waals surface area contributed by atoms with Gasteiger partial charge in [0.2, 0.25) is 0 Å². The highest BCUT2D eigenvalue weighted by Crippen LogP contribution is 2.35. The number of esters is 1. The Kier molecular flexibility index (Phi) is 4.94. The number of pyridine rings is 1. The van der Waals surface area contributed by atoms with Crippen LogP contribution < -0.4 is 0 Å².